The fourth-order valence-electron chi connectivity index (χ4n) is 4.83. The van der Waals surface area contributed by atoms with E-state index in [4.69, 9.17) is 18.9 Å². The molecule has 4 aromatic rings. The van der Waals surface area contributed by atoms with Gasteiger partial charge in [-0.3, -0.25) is 0 Å². The minimum absolute atomic E-state index is 0.313. The molecule has 0 spiro atoms. The van der Waals surface area contributed by atoms with Crippen LogP contribution in [0.3, 0.4) is 0 Å². The van der Waals surface area contributed by atoms with Gasteiger partial charge in [-0.1, -0.05) is 38.5 Å². The molecule has 4 aromatic carbocycles. The normalized spacial score (nSPS) is 11.4. The van der Waals surface area contributed by atoms with Gasteiger partial charge in [0.15, 0.2) is 0 Å². The van der Waals surface area contributed by atoms with Gasteiger partial charge in [0, 0.05) is 6.08 Å². The quantitative estimate of drug-likeness (QED) is 0.0256. The van der Waals surface area contributed by atoms with Crippen LogP contribution in [0.15, 0.2) is 120 Å². The van der Waals surface area contributed by atoms with Crippen molar-refractivity contribution in [1.82, 2.24) is 0 Å². The minimum atomic E-state index is -0.489. The van der Waals surface area contributed by atoms with Crippen LogP contribution in [0.4, 0.5) is 0 Å². The molecule has 0 radical (unpaired) electrons. The molecule has 0 amide bonds. The SMILES string of the molecule is C=CC(=O)OCCCCOc1ccc(C(=O)Oc2ccc(/C(C)=N/N=C(\C)c3ccc(OC(=O)c4ccc(CCCCC)cc4)cc3)cc2)cc1. The maximum Gasteiger partial charge on any atom is 0.343 e. The Balaban J connectivity index is 1.23. The van der Waals surface area contributed by atoms with E-state index in [9.17, 15) is 14.4 Å². The molecule has 0 bridgehead atoms. The van der Waals surface area contributed by atoms with Gasteiger partial charge in [0.25, 0.3) is 0 Å². The highest BCUT2D eigenvalue weighted by molar-refractivity contribution is 6.02. The van der Waals surface area contributed by atoms with Crippen molar-refractivity contribution in [3.63, 3.8) is 0 Å². The van der Waals surface area contributed by atoms with Crippen LogP contribution < -0.4 is 14.2 Å². The Morgan fingerprint density at radius 3 is 1.53 bits per heavy atom. The second-order valence-electron chi connectivity index (χ2n) is 11.8. The van der Waals surface area contributed by atoms with Gasteiger partial charge in [-0.15, -0.1) is 0 Å². The van der Waals surface area contributed by atoms with Crippen molar-refractivity contribution in [3.8, 4) is 17.2 Å². The molecule has 51 heavy (non-hydrogen) atoms. The van der Waals surface area contributed by atoms with Crippen molar-refractivity contribution < 1.29 is 33.3 Å². The van der Waals surface area contributed by atoms with Crippen LogP contribution in [0.2, 0.25) is 0 Å². The monoisotopic (exact) mass is 688 g/mol. The Bertz CT molecular complexity index is 1810. The van der Waals surface area contributed by atoms with Crippen LogP contribution in [0, 0.1) is 0 Å². The molecular formula is C42H44N2O7. The number of carbonyl (C=O) groups is 3. The number of ether oxygens (including phenoxy) is 4. The molecule has 9 nitrogen and oxygen atoms in total. The topological polar surface area (TPSA) is 113 Å². The molecule has 0 aliphatic heterocycles. The zero-order valence-electron chi connectivity index (χ0n) is 29.4. The molecular weight excluding hydrogens is 644 g/mol. The molecule has 0 heterocycles. The zero-order valence-corrected chi connectivity index (χ0v) is 29.4. The number of aryl methyl sites for hydroxylation is 1. The lowest BCUT2D eigenvalue weighted by molar-refractivity contribution is -0.137. The van der Waals surface area contributed by atoms with E-state index < -0.39 is 17.9 Å². The van der Waals surface area contributed by atoms with Crippen LogP contribution >= 0.6 is 0 Å². The fraction of sp³-hybridized carbons (Fsp3) is 0.262. The number of unbranched alkanes of at least 4 members (excludes halogenated alkanes) is 3. The summed E-state index contributed by atoms with van der Waals surface area (Å²) < 4.78 is 21.7. The van der Waals surface area contributed by atoms with Gasteiger partial charge < -0.3 is 18.9 Å². The Morgan fingerprint density at radius 2 is 1.04 bits per heavy atom. The molecule has 4 rings (SSSR count). The first-order valence-electron chi connectivity index (χ1n) is 17.1. The van der Waals surface area contributed by atoms with E-state index in [1.54, 1.807) is 48.5 Å². The van der Waals surface area contributed by atoms with Crippen LogP contribution in [-0.4, -0.2) is 42.5 Å². The summed E-state index contributed by atoms with van der Waals surface area (Å²) in [5.41, 5.74) is 5.16. The number of carbonyl (C=O) groups excluding carboxylic acids is 3. The summed E-state index contributed by atoms with van der Waals surface area (Å²) in [4.78, 5) is 36.4. The van der Waals surface area contributed by atoms with E-state index in [1.807, 2.05) is 62.4 Å². The maximum atomic E-state index is 12.7. The number of hydrogen-bond acceptors (Lipinski definition) is 9. The van der Waals surface area contributed by atoms with Gasteiger partial charge in [-0.25, -0.2) is 14.4 Å². The number of esters is 3. The Morgan fingerprint density at radius 1 is 0.588 bits per heavy atom. The summed E-state index contributed by atoms with van der Waals surface area (Å²) in [6.45, 7) is 10.0. The smallest absolute Gasteiger partial charge is 0.343 e. The van der Waals surface area contributed by atoms with E-state index in [0.717, 1.165) is 30.0 Å². The van der Waals surface area contributed by atoms with Crippen molar-refractivity contribution in [2.24, 2.45) is 10.2 Å². The van der Waals surface area contributed by atoms with Crippen LogP contribution in [0.25, 0.3) is 0 Å². The third-order valence-electron chi connectivity index (χ3n) is 7.88. The molecule has 0 atom stereocenters. The lowest BCUT2D eigenvalue weighted by Crippen LogP contribution is -2.09. The molecule has 0 N–H and O–H groups in total. The minimum Gasteiger partial charge on any atom is -0.494 e. The first-order valence-corrected chi connectivity index (χ1v) is 17.1. The van der Waals surface area contributed by atoms with Gasteiger partial charge >= 0.3 is 17.9 Å². The molecule has 0 saturated carbocycles. The van der Waals surface area contributed by atoms with Crippen molar-refractivity contribution in [2.75, 3.05) is 13.2 Å². The fourth-order valence-corrected chi connectivity index (χ4v) is 4.83. The van der Waals surface area contributed by atoms with E-state index in [-0.39, 0.29) is 0 Å². The van der Waals surface area contributed by atoms with E-state index in [0.29, 0.717) is 65.9 Å². The van der Waals surface area contributed by atoms with E-state index in [1.165, 1.54) is 18.4 Å². The number of benzene rings is 4. The zero-order chi connectivity index (χ0) is 36.4. The first-order chi connectivity index (χ1) is 24.7. The molecule has 0 fully saturated rings. The lowest BCUT2D eigenvalue weighted by Gasteiger charge is -2.08. The maximum absolute atomic E-state index is 12.7. The Labute approximate surface area is 299 Å². The van der Waals surface area contributed by atoms with E-state index >= 15 is 0 Å². The molecule has 264 valence electrons. The van der Waals surface area contributed by atoms with Crippen molar-refractivity contribution in [2.45, 2.75) is 59.3 Å². The Kier molecular flexibility index (Phi) is 14.9. The summed E-state index contributed by atoms with van der Waals surface area (Å²) in [6, 6.07) is 28.5. The second kappa shape index (κ2) is 20.0. The van der Waals surface area contributed by atoms with E-state index in [2.05, 4.69) is 23.7 Å². The summed E-state index contributed by atoms with van der Waals surface area (Å²) >= 11 is 0. The average Bonchev–Trinajstić information content (AvgIpc) is 3.16. The second-order valence-corrected chi connectivity index (χ2v) is 11.8. The van der Waals surface area contributed by atoms with Gasteiger partial charge in [-0.2, -0.15) is 10.2 Å². The summed E-state index contributed by atoms with van der Waals surface area (Å²) in [7, 11) is 0. The third-order valence-corrected chi connectivity index (χ3v) is 7.88. The molecule has 0 aliphatic carbocycles. The van der Waals surface area contributed by atoms with Crippen molar-refractivity contribution in [3.05, 3.63) is 138 Å². The number of rotatable bonds is 18. The van der Waals surface area contributed by atoms with Crippen LogP contribution in [0.1, 0.15) is 90.3 Å². The number of nitrogens with zero attached hydrogens (tertiary/aromatic N) is 2. The standard InChI is InChI=1S/C42H44N2O7/c1-5-7-8-11-32-12-14-35(15-13-32)41(46)50-38-24-16-33(17-25-38)30(3)43-44-31(4)34-18-26-39(27-19-34)51-42(47)36-20-22-37(23-21-36)48-28-9-10-29-49-40(45)6-2/h6,12-27H,2,5,7-11,28-29H2,1,3-4H3/b43-30+,44-31+. The molecule has 0 unspecified atom stereocenters. The summed E-state index contributed by atoms with van der Waals surface area (Å²) in [6.07, 6.45) is 7.05. The largest absolute Gasteiger partial charge is 0.494 e. The van der Waals surface area contributed by atoms with Gasteiger partial charge in [0.1, 0.15) is 17.2 Å². The number of hydrogen-bond donors (Lipinski definition) is 0. The van der Waals surface area contributed by atoms with Gasteiger partial charge in [-0.05, 0) is 141 Å². The summed E-state index contributed by atoms with van der Waals surface area (Å²) in [5.74, 6) is 0.144. The first kappa shape index (κ1) is 38.0. The summed E-state index contributed by atoms with van der Waals surface area (Å²) in [5, 5.41) is 8.76. The Hall–Kier alpha value is -5.83. The lowest BCUT2D eigenvalue weighted by atomic mass is 10.1. The van der Waals surface area contributed by atoms with Gasteiger partial charge in [0.05, 0.1) is 35.8 Å². The molecule has 0 aliphatic rings. The average molecular weight is 689 g/mol. The highest BCUT2D eigenvalue weighted by Crippen LogP contribution is 2.19. The van der Waals surface area contributed by atoms with Crippen molar-refractivity contribution in [1.29, 1.82) is 0 Å². The molecule has 0 aromatic heterocycles. The van der Waals surface area contributed by atoms with Crippen molar-refractivity contribution >= 4 is 29.3 Å². The molecule has 0 saturated heterocycles. The van der Waals surface area contributed by atoms with Crippen LogP contribution in [0.5, 0.6) is 17.2 Å². The predicted octanol–water partition coefficient (Wildman–Crippen LogP) is 8.98. The van der Waals surface area contributed by atoms with Crippen LogP contribution in [-0.2, 0) is 16.0 Å². The third kappa shape index (κ3) is 12.5. The molecule has 9 heteroatoms. The highest BCUT2D eigenvalue weighted by atomic mass is 16.5. The highest BCUT2D eigenvalue weighted by Gasteiger charge is 2.11. The van der Waals surface area contributed by atoms with Gasteiger partial charge in [0.2, 0.25) is 0 Å². The predicted molar refractivity (Wildman–Crippen MR) is 199 cm³/mol.